The number of nitrogens with two attached hydrogens (primary N) is 2. The molecule has 0 aliphatic carbocycles. The Kier molecular flexibility index (Phi) is 6.67. The number of aryl methyl sites for hydroxylation is 2. The largest absolute Gasteiger partial charge is 0.383 e. The number of anilines is 1. The van der Waals surface area contributed by atoms with E-state index in [-0.39, 0.29) is 17.1 Å². The summed E-state index contributed by atoms with van der Waals surface area (Å²) in [5.74, 6) is 5.65. The number of benzene rings is 1. The Morgan fingerprint density at radius 3 is 2.56 bits per heavy atom. The van der Waals surface area contributed by atoms with Crippen molar-refractivity contribution < 1.29 is 4.79 Å². The molecule has 1 amide bonds. The highest BCUT2D eigenvalue weighted by molar-refractivity contribution is 6.02. The van der Waals surface area contributed by atoms with E-state index >= 15 is 0 Å². The normalized spacial score (nSPS) is 10.6. The summed E-state index contributed by atoms with van der Waals surface area (Å²) in [7, 11) is 1.85. The van der Waals surface area contributed by atoms with Gasteiger partial charge in [-0.25, -0.2) is 14.8 Å². The van der Waals surface area contributed by atoms with Gasteiger partial charge in [0.1, 0.15) is 23.4 Å². The van der Waals surface area contributed by atoms with Crippen LogP contribution in [0.15, 0.2) is 84.4 Å². The van der Waals surface area contributed by atoms with Gasteiger partial charge in [-0.1, -0.05) is 31.0 Å². The van der Waals surface area contributed by atoms with Gasteiger partial charge in [0.15, 0.2) is 5.65 Å². The second kappa shape index (κ2) is 10.4. The zero-order valence-corrected chi connectivity index (χ0v) is 21.3. The third-order valence-electron chi connectivity index (χ3n) is 6.03. The number of imidazole rings is 1. The van der Waals surface area contributed by atoms with E-state index in [1.165, 1.54) is 6.33 Å². The van der Waals surface area contributed by atoms with E-state index in [1.807, 2.05) is 61.8 Å². The van der Waals surface area contributed by atoms with Gasteiger partial charge in [0.25, 0.3) is 5.91 Å². The van der Waals surface area contributed by atoms with E-state index in [4.69, 9.17) is 11.5 Å². The molecular formula is C28H25N9O2. The Morgan fingerprint density at radius 2 is 1.87 bits per heavy atom. The third kappa shape index (κ3) is 4.86. The van der Waals surface area contributed by atoms with E-state index in [1.54, 1.807) is 36.6 Å². The van der Waals surface area contributed by atoms with Crippen LogP contribution in [0.3, 0.4) is 0 Å². The van der Waals surface area contributed by atoms with Crippen LogP contribution in [0.2, 0.25) is 0 Å². The van der Waals surface area contributed by atoms with Crippen molar-refractivity contribution in [2.45, 2.75) is 13.3 Å². The van der Waals surface area contributed by atoms with Gasteiger partial charge in [0.05, 0.1) is 23.0 Å². The van der Waals surface area contributed by atoms with Crippen LogP contribution in [0.4, 0.5) is 5.82 Å². The van der Waals surface area contributed by atoms with E-state index in [9.17, 15) is 9.59 Å². The summed E-state index contributed by atoms with van der Waals surface area (Å²) in [4.78, 5) is 32.0. The topological polar surface area (TPSA) is 144 Å². The number of nitrogens with zero attached hydrogens (tertiary/aromatic N) is 7. The molecule has 0 atom stereocenters. The molecule has 1 aromatic carbocycles. The van der Waals surface area contributed by atoms with Crippen molar-refractivity contribution >= 4 is 22.9 Å². The van der Waals surface area contributed by atoms with Crippen LogP contribution in [0, 0.1) is 11.8 Å². The number of hydrogen-bond donors (Lipinski definition) is 2. The number of amides is 1. The molecule has 4 N–H and O–H groups in total. The molecule has 0 unspecified atom stereocenters. The molecule has 5 heterocycles. The van der Waals surface area contributed by atoms with Crippen molar-refractivity contribution in [3.63, 3.8) is 0 Å². The first-order chi connectivity index (χ1) is 18.9. The van der Waals surface area contributed by atoms with Gasteiger partial charge < -0.3 is 11.5 Å². The number of primary amides is 1. The number of carbonyl (C=O) groups excluding carboxylic acids is 1. The highest BCUT2D eigenvalue weighted by atomic mass is 16.1. The van der Waals surface area contributed by atoms with Gasteiger partial charge in [-0.3, -0.25) is 22.8 Å². The summed E-state index contributed by atoms with van der Waals surface area (Å²) in [6.45, 7) is 2.05. The molecule has 0 saturated heterocycles. The fourth-order valence-corrected chi connectivity index (χ4v) is 4.21. The lowest BCUT2D eigenvalue weighted by Crippen LogP contribution is -2.28. The first-order valence-corrected chi connectivity index (χ1v) is 12.1. The van der Waals surface area contributed by atoms with Crippen molar-refractivity contribution in [2.24, 2.45) is 12.8 Å². The van der Waals surface area contributed by atoms with Gasteiger partial charge in [0.2, 0.25) is 0 Å². The molecule has 11 heteroatoms. The third-order valence-corrected chi connectivity index (χ3v) is 6.03. The summed E-state index contributed by atoms with van der Waals surface area (Å²) < 4.78 is 6.70. The van der Waals surface area contributed by atoms with Crippen molar-refractivity contribution in [3.05, 3.63) is 113 Å². The number of rotatable bonds is 3. The molecule has 0 aliphatic rings. The number of para-hydroxylation sites is 1. The maximum absolute atomic E-state index is 13.2. The summed E-state index contributed by atoms with van der Waals surface area (Å²) >= 11 is 0. The Hall–Kier alpha value is -5.63. The Morgan fingerprint density at radius 1 is 1.08 bits per heavy atom. The lowest BCUT2D eigenvalue weighted by atomic mass is 10.2. The monoisotopic (exact) mass is 519 g/mol. The minimum atomic E-state index is -0.623. The zero-order valence-electron chi connectivity index (χ0n) is 21.3. The van der Waals surface area contributed by atoms with Crippen LogP contribution in [-0.4, -0.2) is 39.0 Å². The van der Waals surface area contributed by atoms with Crippen LogP contribution in [-0.2, 0) is 13.5 Å². The lowest BCUT2D eigenvalue weighted by molar-refractivity contribution is 0.100. The molecule has 0 aliphatic heterocycles. The first-order valence-electron chi connectivity index (χ1n) is 12.1. The van der Waals surface area contributed by atoms with Crippen molar-refractivity contribution in [2.75, 3.05) is 5.73 Å². The highest BCUT2D eigenvalue weighted by Gasteiger charge is 2.13. The van der Waals surface area contributed by atoms with Gasteiger partial charge in [-0.2, -0.15) is 5.10 Å². The second-order valence-corrected chi connectivity index (χ2v) is 8.60. The summed E-state index contributed by atoms with van der Waals surface area (Å²) in [5, 5.41) is 4.11. The molecule has 6 rings (SSSR count). The average molecular weight is 520 g/mol. The first kappa shape index (κ1) is 25.0. The molecule has 0 bridgehead atoms. The summed E-state index contributed by atoms with van der Waals surface area (Å²) in [6, 6.07) is 15.6. The number of nitrogen functional groups attached to an aromatic ring is 1. The van der Waals surface area contributed by atoms with Crippen LogP contribution in [0.1, 0.15) is 34.2 Å². The Balaban J connectivity index is 0.000000198. The van der Waals surface area contributed by atoms with Crippen LogP contribution >= 0.6 is 0 Å². The predicted molar refractivity (Wildman–Crippen MR) is 147 cm³/mol. The molecule has 5 aromatic heterocycles. The predicted octanol–water partition coefficient (Wildman–Crippen LogP) is 2.20. The molecule has 0 saturated carbocycles. The lowest BCUT2D eigenvalue weighted by Gasteiger charge is -2.13. The molecule has 194 valence electrons. The van der Waals surface area contributed by atoms with Crippen LogP contribution in [0.25, 0.3) is 16.9 Å². The maximum atomic E-state index is 13.2. The van der Waals surface area contributed by atoms with Gasteiger partial charge in [0, 0.05) is 31.3 Å². The zero-order chi connectivity index (χ0) is 27.5. The van der Waals surface area contributed by atoms with Gasteiger partial charge >= 0.3 is 5.69 Å². The summed E-state index contributed by atoms with van der Waals surface area (Å²) in [5.41, 5.74) is 15.3. The Bertz CT molecular complexity index is 1930. The van der Waals surface area contributed by atoms with Crippen LogP contribution < -0.4 is 17.2 Å². The standard InChI is InChI=1S/C21H18N4O.C7H7N5O/c1-3-17-13-20-12-11-19(10-9-16-14-22-23(2)15-16)25(20)21(26)24(17)18-7-5-4-6-8-18;8-5-4(6(9)13)7-10-1-2-12(7)3-11-5/h4-8,11-15H,3H2,1-2H3;1-3H,8H2,(H2,9,13). The second-order valence-electron chi connectivity index (χ2n) is 8.60. The summed E-state index contributed by atoms with van der Waals surface area (Å²) in [6.07, 6.45) is 9.00. The average Bonchev–Trinajstić information content (AvgIpc) is 3.67. The highest BCUT2D eigenvalue weighted by Crippen LogP contribution is 2.15. The van der Waals surface area contributed by atoms with Gasteiger partial charge in [-0.15, -0.1) is 0 Å². The van der Waals surface area contributed by atoms with E-state index in [2.05, 4.69) is 33.8 Å². The van der Waals surface area contributed by atoms with Crippen molar-refractivity contribution in [1.29, 1.82) is 0 Å². The van der Waals surface area contributed by atoms with Crippen molar-refractivity contribution in [3.8, 4) is 17.5 Å². The number of hydrogen-bond acceptors (Lipinski definition) is 6. The minimum Gasteiger partial charge on any atom is -0.383 e. The number of carbonyl (C=O) groups is 1. The molecule has 39 heavy (non-hydrogen) atoms. The molecule has 6 aromatic rings. The molecular weight excluding hydrogens is 494 g/mol. The van der Waals surface area contributed by atoms with Crippen molar-refractivity contribution in [1.82, 2.24) is 33.1 Å². The molecule has 0 fully saturated rings. The quantitative estimate of drug-likeness (QED) is 0.343. The molecule has 0 radical (unpaired) electrons. The number of aromatic nitrogens is 7. The smallest absolute Gasteiger partial charge is 0.338 e. The molecule has 11 nitrogen and oxygen atoms in total. The Labute approximate surface area is 223 Å². The number of fused-ring (bicyclic) bond motifs is 2. The minimum absolute atomic E-state index is 0.103. The maximum Gasteiger partial charge on any atom is 0.338 e. The fourth-order valence-electron chi connectivity index (χ4n) is 4.21. The fraction of sp³-hybridized carbons (Fsp3) is 0.107. The van der Waals surface area contributed by atoms with E-state index < -0.39 is 5.91 Å². The van der Waals surface area contributed by atoms with Crippen LogP contribution in [0.5, 0.6) is 0 Å². The molecule has 0 spiro atoms. The van der Waals surface area contributed by atoms with E-state index in [0.29, 0.717) is 11.3 Å². The van der Waals surface area contributed by atoms with E-state index in [0.717, 1.165) is 28.9 Å². The SMILES string of the molecule is CCc1cc2ccc(C#Cc3cnn(C)c3)n2c(=O)n1-c1ccccc1.NC(=O)c1c(N)ncn2ccnc12. The van der Waals surface area contributed by atoms with Gasteiger partial charge in [-0.05, 0) is 42.7 Å².